The number of nitrogens with two attached hydrogens (primary N) is 1. The molecule has 1 aromatic heterocycles. The van der Waals surface area contributed by atoms with Gasteiger partial charge in [0, 0.05) is 5.56 Å². The van der Waals surface area contributed by atoms with Gasteiger partial charge in [-0.15, -0.1) is 0 Å². The Balaban J connectivity index is 2.35. The van der Waals surface area contributed by atoms with E-state index in [0.717, 1.165) is 27.8 Å². The van der Waals surface area contributed by atoms with Crippen molar-refractivity contribution in [1.29, 1.82) is 0 Å². The van der Waals surface area contributed by atoms with Crippen molar-refractivity contribution in [1.82, 2.24) is 4.98 Å². The lowest BCUT2D eigenvalue weighted by Gasteiger charge is -2.03. The van der Waals surface area contributed by atoms with Gasteiger partial charge in [-0.1, -0.05) is 30.3 Å². The first-order valence-corrected chi connectivity index (χ1v) is 5.46. The molecule has 2 N–H and O–H groups in total. The van der Waals surface area contributed by atoms with Crippen molar-refractivity contribution in [2.45, 2.75) is 6.92 Å². The van der Waals surface area contributed by atoms with Crippen molar-refractivity contribution < 1.29 is 4.42 Å². The van der Waals surface area contributed by atoms with Crippen LogP contribution in [-0.4, -0.2) is 4.98 Å². The highest BCUT2D eigenvalue weighted by atomic mass is 16.4. The van der Waals surface area contributed by atoms with E-state index < -0.39 is 0 Å². The third kappa shape index (κ3) is 1.65. The van der Waals surface area contributed by atoms with E-state index in [2.05, 4.69) is 11.1 Å². The van der Waals surface area contributed by atoms with E-state index in [9.17, 15) is 0 Å². The lowest BCUT2D eigenvalue weighted by atomic mass is 10.0. The smallest absolute Gasteiger partial charge is 0.293 e. The summed E-state index contributed by atoms with van der Waals surface area (Å²) in [6, 6.07) is 14.4. The molecule has 1 heterocycles. The van der Waals surface area contributed by atoms with Gasteiger partial charge in [-0.2, -0.15) is 4.98 Å². The van der Waals surface area contributed by atoms with Crippen LogP contribution in [0.3, 0.4) is 0 Å². The predicted octanol–water partition coefficient (Wildman–Crippen LogP) is 3.39. The fourth-order valence-corrected chi connectivity index (χ4v) is 2.02. The quantitative estimate of drug-likeness (QED) is 0.689. The first kappa shape index (κ1) is 9.90. The highest BCUT2D eigenvalue weighted by Gasteiger charge is 2.10. The Kier molecular flexibility index (Phi) is 2.11. The Hall–Kier alpha value is -2.29. The molecule has 3 nitrogen and oxygen atoms in total. The SMILES string of the molecule is Cc1cc(-c2ccccc2)c2oc(N)nc2c1. The van der Waals surface area contributed by atoms with E-state index in [0.29, 0.717) is 0 Å². The lowest BCUT2D eigenvalue weighted by Crippen LogP contribution is -1.81. The summed E-state index contributed by atoms with van der Waals surface area (Å²) in [4.78, 5) is 4.17. The van der Waals surface area contributed by atoms with Gasteiger partial charge in [-0.25, -0.2) is 0 Å². The molecule has 0 aliphatic carbocycles. The average molecular weight is 224 g/mol. The molecule has 3 heteroatoms. The fourth-order valence-electron chi connectivity index (χ4n) is 2.02. The second-order valence-electron chi connectivity index (χ2n) is 4.08. The van der Waals surface area contributed by atoms with Gasteiger partial charge >= 0.3 is 0 Å². The Morgan fingerprint density at radius 2 is 1.88 bits per heavy atom. The molecule has 17 heavy (non-hydrogen) atoms. The molecule has 0 aliphatic heterocycles. The van der Waals surface area contributed by atoms with Crippen molar-refractivity contribution in [2.24, 2.45) is 0 Å². The monoisotopic (exact) mass is 224 g/mol. The van der Waals surface area contributed by atoms with Gasteiger partial charge in [0.05, 0.1) is 0 Å². The number of aromatic nitrogens is 1. The zero-order valence-electron chi connectivity index (χ0n) is 9.47. The van der Waals surface area contributed by atoms with Crippen molar-refractivity contribution in [3.8, 4) is 11.1 Å². The maximum Gasteiger partial charge on any atom is 0.293 e. The number of oxazole rings is 1. The van der Waals surface area contributed by atoms with Crippen LogP contribution >= 0.6 is 0 Å². The maximum atomic E-state index is 5.61. The molecule has 3 rings (SSSR count). The molecular weight excluding hydrogens is 212 g/mol. The third-order valence-corrected chi connectivity index (χ3v) is 2.74. The summed E-state index contributed by atoms with van der Waals surface area (Å²) in [7, 11) is 0. The van der Waals surface area contributed by atoms with Crippen molar-refractivity contribution >= 4 is 17.1 Å². The van der Waals surface area contributed by atoms with E-state index in [1.807, 2.05) is 43.3 Å². The van der Waals surface area contributed by atoms with Gasteiger partial charge in [0.25, 0.3) is 6.01 Å². The topological polar surface area (TPSA) is 52.0 Å². The summed E-state index contributed by atoms with van der Waals surface area (Å²) in [5, 5.41) is 0. The number of benzene rings is 2. The number of nitrogens with zero attached hydrogens (tertiary/aromatic N) is 1. The molecule has 2 aromatic carbocycles. The molecule has 0 saturated carbocycles. The van der Waals surface area contributed by atoms with Gasteiger partial charge in [0.1, 0.15) is 5.52 Å². The summed E-state index contributed by atoms with van der Waals surface area (Å²) in [5.41, 5.74) is 10.5. The van der Waals surface area contributed by atoms with Crippen LogP contribution in [0.4, 0.5) is 6.01 Å². The Bertz CT molecular complexity index is 671. The van der Waals surface area contributed by atoms with Crippen LogP contribution in [0.1, 0.15) is 5.56 Å². The molecule has 0 bridgehead atoms. The maximum absolute atomic E-state index is 5.61. The molecule has 3 aromatic rings. The second-order valence-corrected chi connectivity index (χ2v) is 4.08. The van der Waals surface area contributed by atoms with Gasteiger partial charge in [-0.05, 0) is 30.2 Å². The number of rotatable bonds is 1. The predicted molar refractivity (Wildman–Crippen MR) is 68.6 cm³/mol. The summed E-state index contributed by atoms with van der Waals surface area (Å²) >= 11 is 0. The van der Waals surface area contributed by atoms with Gasteiger partial charge in [-0.3, -0.25) is 0 Å². The highest BCUT2D eigenvalue weighted by Crippen LogP contribution is 2.31. The zero-order chi connectivity index (χ0) is 11.8. The van der Waals surface area contributed by atoms with Crippen LogP contribution in [0.25, 0.3) is 22.2 Å². The molecule has 0 fully saturated rings. The Morgan fingerprint density at radius 1 is 1.12 bits per heavy atom. The van der Waals surface area contributed by atoms with E-state index in [-0.39, 0.29) is 6.01 Å². The lowest BCUT2D eigenvalue weighted by molar-refractivity contribution is 0.627. The van der Waals surface area contributed by atoms with E-state index >= 15 is 0 Å². The number of hydrogen-bond donors (Lipinski definition) is 1. The van der Waals surface area contributed by atoms with Crippen molar-refractivity contribution in [3.05, 3.63) is 48.0 Å². The summed E-state index contributed by atoms with van der Waals surface area (Å²) < 4.78 is 5.48. The first-order valence-electron chi connectivity index (χ1n) is 5.46. The molecule has 0 amide bonds. The molecule has 0 aliphatic rings. The number of anilines is 1. The number of aryl methyl sites for hydroxylation is 1. The minimum atomic E-state index is 0.211. The molecule has 0 atom stereocenters. The van der Waals surface area contributed by atoms with Crippen LogP contribution in [0.15, 0.2) is 46.9 Å². The molecule has 0 unspecified atom stereocenters. The number of hydrogen-bond acceptors (Lipinski definition) is 3. The van der Waals surface area contributed by atoms with E-state index in [1.54, 1.807) is 0 Å². The third-order valence-electron chi connectivity index (χ3n) is 2.74. The van der Waals surface area contributed by atoms with Crippen LogP contribution in [0, 0.1) is 6.92 Å². The summed E-state index contributed by atoms with van der Waals surface area (Å²) in [6.07, 6.45) is 0. The van der Waals surface area contributed by atoms with Crippen LogP contribution in [0.2, 0.25) is 0 Å². The van der Waals surface area contributed by atoms with Crippen LogP contribution in [0.5, 0.6) is 0 Å². The number of fused-ring (bicyclic) bond motifs is 1. The molecule has 84 valence electrons. The zero-order valence-corrected chi connectivity index (χ0v) is 9.47. The summed E-state index contributed by atoms with van der Waals surface area (Å²) in [5.74, 6) is 0. The minimum Gasteiger partial charge on any atom is -0.423 e. The highest BCUT2D eigenvalue weighted by molar-refractivity contribution is 5.91. The molecule has 0 spiro atoms. The van der Waals surface area contributed by atoms with Crippen LogP contribution < -0.4 is 5.73 Å². The van der Waals surface area contributed by atoms with Crippen LogP contribution in [-0.2, 0) is 0 Å². The van der Waals surface area contributed by atoms with Gasteiger partial charge in [0.2, 0.25) is 0 Å². The number of nitrogen functional groups attached to an aromatic ring is 1. The molecule has 0 radical (unpaired) electrons. The van der Waals surface area contributed by atoms with E-state index in [4.69, 9.17) is 10.2 Å². The fraction of sp³-hybridized carbons (Fsp3) is 0.0714. The van der Waals surface area contributed by atoms with Crippen molar-refractivity contribution in [3.63, 3.8) is 0 Å². The molecule has 0 saturated heterocycles. The summed E-state index contributed by atoms with van der Waals surface area (Å²) in [6.45, 7) is 2.04. The first-order chi connectivity index (χ1) is 8.24. The minimum absolute atomic E-state index is 0.211. The average Bonchev–Trinajstić information content (AvgIpc) is 2.69. The Labute approximate surface area is 98.9 Å². The second kappa shape index (κ2) is 3.63. The van der Waals surface area contributed by atoms with Gasteiger partial charge < -0.3 is 10.2 Å². The standard InChI is InChI=1S/C14H12N2O/c1-9-7-11(10-5-3-2-4-6-10)13-12(8-9)16-14(15)17-13/h2-8H,1H3,(H2,15,16). The molecular formula is C14H12N2O. The normalized spacial score (nSPS) is 10.9. The van der Waals surface area contributed by atoms with E-state index in [1.165, 1.54) is 0 Å². The van der Waals surface area contributed by atoms with Gasteiger partial charge in [0.15, 0.2) is 5.58 Å². The van der Waals surface area contributed by atoms with Crippen molar-refractivity contribution in [2.75, 3.05) is 5.73 Å². The Morgan fingerprint density at radius 3 is 2.65 bits per heavy atom. The largest absolute Gasteiger partial charge is 0.423 e.